The van der Waals surface area contributed by atoms with E-state index in [0.717, 1.165) is 30.4 Å². The molecule has 0 fully saturated rings. The van der Waals surface area contributed by atoms with Gasteiger partial charge in [0.05, 0.1) is 33.2 Å². The molecule has 0 aliphatic heterocycles. The van der Waals surface area contributed by atoms with Crippen LogP contribution in [0.3, 0.4) is 0 Å². The SMILES string of the molecule is CCOc1ccc(-c2nnc(SCC(=O)NCCC3=CCCCC3)nc2-c2ccc(OCC)c(OC)c2)cc1OC. The number of thioether (sulfide) groups is 1. The van der Waals surface area contributed by atoms with Gasteiger partial charge in [-0.2, -0.15) is 0 Å². The van der Waals surface area contributed by atoms with Gasteiger partial charge >= 0.3 is 0 Å². The van der Waals surface area contributed by atoms with Gasteiger partial charge in [0.2, 0.25) is 11.1 Å². The summed E-state index contributed by atoms with van der Waals surface area (Å²) in [5, 5.41) is 12.3. The molecule has 0 atom stereocenters. The van der Waals surface area contributed by atoms with Crippen molar-refractivity contribution in [3.8, 4) is 45.5 Å². The molecule has 10 heteroatoms. The summed E-state index contributed by atoms with van der Waals surface area (Å²) in [6.07, 6.45) is 7.99. The van der Waals surface area contributed by atoms with Crippen LogP contribution in [0.4, 0.5) is 0 Å². The standard InChI is InChI=1S/C31H38N4O5S/c1-5-39-24-14-12-22(18-26(24)37-3)29-30(23-13-15-25(40-6-2)27(19-23)38-4)34-35-31(33-29)41-20-28(36)32-17-16-21-10-8-7-9-11-21/h10,12-15,18-19H,5-9,11,16-17,20H2,1-4H3,(H,32,36). The minimum Gasteiger partial charge on any atom is -0.493 e. The van der Waals surface area contributed by atoms with Crippen molar-refractivity contribution in [1.82, 2.24) is 20.5 Å². The Morgan fingerprint density at radius 3 is 2.12 bits per heavy atom. The Balaban J connectivity index is 1.59. The highest BCUT2D eigenvalue weighted by Gasteiger charge is 2.19. The second kappa shape index (κ2) is 15.3. The van der Waals surface area contributed by atoms with Crippen LogP contribution >= 0.6 is 11.8 Å². The molecular formula is C31H38N4O5S. The Morgan fingerprint density at radius 2 is 1.54 bits per heavy atom. The number of rotatable bonds is 14. The summed E-state index contributed by atoms with van der Waals surface area (Å²) in [5.41, 5.74) is 4.13. The number of benzene rings is 2. The van der Waals surface area contributed by atoms with Crippen LogP contribution in [0.1, 0.15) is 46.0 Å². The molecule has 1 heterocycles. The van der Waals surface area contributed by atoms with Gasteiger partial charge in [-0.1, -0.05) is 23.4 Å². The molecule has 2 aromatic carbocycles. The van der Waals surface area contributed by atoms with Crippen molar-refractivity contribution in [1.29, 1.82) is 0 Å². The van der Waals surface area contributed by atoms with Crippen molar-refractivity contribution in [2.45, 2.75) is 51.1 Å². The van der Waals surface area contributed by atoms with Gasteiger partial charge < -0.3 is 24.3 Å². The number of hydrogen-bond acceptors (Lipinski definition) is 9. The summed E-state index contributed by atoms with van der Waals surface area (Å²) in [7, 11) is 3.20. The van der Waals surface area contributed by atoms with Crippen molar-refractivity contribution in [2.24, 2.45) is 0 Å². The maximum atomic E-state index is 12.6. The number of aromatic nitrogens is 3. The third kappa shape index (κ3) is 8.13. The monoisotopic (exact) mass is 578 g/mol. The molecule has 0 spiro atoms. The minimum absolute atomic E-state index is 0.0559. The zero-order valence-electron chi connectivity index (χ0n) is 24.2. The average molecular weight is 579 g/mol. The first-order chi connectivity index (χ1) is 20.1. The Labute approximate surface area is 246 Å². The van der Waals surface area contributed by atoms with Crippen molar-refractivity contribution in [3.05, 3.63) is 48.0 Å². The third-order valence-electron chi connectivity index (χ3n) is 6.63. The lowest BCUT2D eigenvalue weighted by molar-refractivity contribution is -0.118. The molecule has 218 valence electrons. The summed E-state index contributed by atoms with van der Waals surface area (Å²) >= 11 is 1.25. The summed E-state index contributed by atoms with van der Waals surface area (Å²) in [5.74, 6) is 2.59. The molecule has 0 radical (unpaired) electrons. The molecular weight excluding hydrogens is 540 g/mol. The lowest BCUT2D eigenvalue weighted by atomic mass is 9.97. The van der Waals surface area contributed by atoms with E-state index in [0.29, 0.717) is 59.3 Å². The molecule has 0 saturated carbocycles. The fourth-order valence-electron chi connectivity index (χ4n) is 4.62. The van der Waals surface area contributed by atoms with E-state index in [1.165, 1.54) is 30.2 Å². The van der Waals surface area contributed by atoms with Crippen LogP contribution in [-0.4, -0.2) is 60.8 Å². The maximum absolute atomic E-state index is 12.6. The molecule has 1 amide bonds. The number of ether oxygens (including phenoxy) is 4. The number of allylic oxidation sites excluding steroid dienone is 1. The first-order valence-electron chi connectivity index (χ1n) is 14.0. The zero-order valence-corrected chi connectivity index (χ0v) is 25.0. The smallest absolute Gasteiger partial charge is 0.230 e. The van der Waals surface area contributed by atoms with Crippen molar-refractivity contribution in [2.75, 3.05) is 39.7 Å². The van der Waals surface area contributed by atoms with Gasteiger partial charge in [-0.05, 0) is 82.3 Å². The maximum Gasteiger partial charge on any atom is 0.230 e. The van der Waals surface area contributed by atoms with Crippen molar-refractivity contribution in [3.63, 3.8) is 0 Å². The summed E-state index contributed by atoms with van der Waals surface area (Å²) in [4.78, 5) is 17.4. The molecule has 0 unspecified atom stereocenters. The van der Waals surface area contributed by atoms with E-state index in [4.69, 9.17) is 23.9 Å². The molecule has 1 aliphatic rings. The first-order valence-corrected chi connectivity index (χ1v) is 15.0. The number of carbonyl (C=O) groups excluding carboxylic acids is 1. The van der Waals surface area contributed by atoms with E-state index in [9.17, 15) is 4.79 Å². The highest BCUT2D eigenvalue weighted by atomic mass is 32.2. The van der Waals surface area contributed by atoms with Crippen LogP contribution < -0.4 is 24.3 Å². The molecule has 0 saturated heterocycles. The van der Waals surface area contributed by atoms with Gasteiger partial charge in [-0.25, -0.2) is 4.98 Å². The number of hydrogen-bond donors (Lipinski definition) is 1. The number of nitrogens with zero attached hydrogens (tertiary/aromatic N) is 3. The molecule has 0 bridgehead atoms. The summed E-state index contributed by atoms with van der Waals surface area (Å²) in [6.45, 7) is 5.52. The average Bonchev–Trinajstić information content (AvgIpc) is 3.01. The molecule has 1 aliphatic carbocycles. The van der Waals surface area contributed by atoms with Gasteiger partial charge in [0.25, 0.3) is 0 Å². The fraction of sp³-hybridized carbons (Fsp3) is 0.419. The molecule has 1 N–H and O–H groups in total. The Kier molecular flexibility index (Phi) is 11.2. The van der Waals surface area contributed by atoms with Gasteiger partial charge in [-0.3, -0.25) is 4.79 Å². The lowest BCUT2D eigenvalue weighted by Crippen LogP contribution is -2.26. The molecule has 4 rings (SSSR count). The zero-order chi connectivity index (χ0) is 29.0. The van der Waals surface area contributed by atoms with E-state index >= 15 is 0 Å². The van der Waals surface area contributed by atoms with Crippen LogP contribution in [0, 0.1) is 0 Å². The van der Waals surface area contributed by atoms with Crippen LogP contribution in [0.15, 0.2) is 53.2 Å². The van der Waals surface area contributed by atoms with Crippen LogP contribution in [0.2, 0.25) is 0 Å². The number of nitrogens with one attached hydrogen (secondary N) is 1. The van der Waals surface area contributed by atoms with E-state index in [-0.39, 0.29) is 11.7 Å². The van der Waals surface area contributed by atoms with Crippen molar-refractivity contribution >= 4 is 17.7 Å². The van der Waals surface area contributed by atoms with E-state index in [1.807, 2.05) is 50.2 Å². The Bertz CT molecular complexity index is 1360. The fourth-order valence-corrected chi connectivity index (χ4v) is 5.24. The molecule has 41 heavy (non-hydrogen) atoms. The first kappa shape index (κ1) is 30.2. The largest absolute Gasteiger partial charge is 0.493 e. The second-order valence-corrected chi connectivity index (χ2v) is 10.3. The van der Waals surface area contributed by atoms with E-state index in [1.54, 1.807) is 14.2 Å². The normalized spacial score (nSPS) is 12.8. The second-order valence-electron chi connectivity index (χ2n) is 9.39. The van der Waals surface area contributed by atoms with Gasteiger partial charge in [0.1, 0.15) is 11.4 Å². The highest BCUT2D eigenvalue weighted by molar-refractivity contribution is 7.99. The summed E-state index contributed by atoms with van der Waals surface area (Å²) < 4.78 is 22.5. The van der Waals surface area contributed by atoms with Crippen molar-refractivity contribution < 1.29 is 23.7 Å². The Hall–Kier alpha value is -3.79. The van der Waals surface area contributed by atoms with Crippen LogP contribution in [0.5, 0.6) is 23.0 Å². The number of methoxy groups -OCH3 is 2. The number of amides is 1. The van der Waals surface area contributed by atoms with Gasteiger partial charge in [-0.15, -0.1) is 10.2 Å². The number of carbonyl (C=O) groups is 1. The highest BCUT2D eigenvalue weighted by Crippen LogP contribution is 2.38. The van der Waals surface area contributed by atoms with Crippen LogP contribution in [-0.2, 0) is 4.79 Å². The topological polar surface area (TPSA) is 105 Å². The predicted octanol–water partition coefficient (Wildman–Crippen LogP) is 6.12. The minimum atomic E-state index is -0.0559. The van der Waals surface area contributed by atoms with Gasteiger partial charge in [0, 0.05) is 17.7 Å². The van der Waals surface area contributed by atoms with Crippen LogP contribution in [0.25, 0.3) is 22.5 Å². The lowest BCUT2D eigenvalue weighted by Gasteiger charge is -2.15. The van der Waals surface area contributed by atoms with Gasteiger partial charge in [0.15, 0.2) is 23.0 Å². The Morgan fingerprint density at radius 1 is 0.878 bits per heavy atom. The summed E-state index contributed by atoms with van der Waals surface area (Å²) in [6, 6.07) is 11.2. The third-order valence-corrected chi connectivity index (χ3v) is 7.46. The van der Waals surface area contributed by atoms with E-state index in [2.05, 4.69) is 21.6 Å². The van der Waals surface area contributed by atoms with E-state index < -0.39 is 0 Å². The predicted molar refractivity (Wildman–Crippen MR) is 161 cm³/mol. The molecule has 1 aromatic heterocycles. The molecule has 9 nitrogen and oxygen atoms in total. The molecule has 3 aromatic rings. The quantitative estimate of drug-likeness (QED) is 0.179.